The van der Waals surface area contributed by atoms with Crippen LogP contribution in [0.4, 0.5) is 0 Å². The van der Waals surface area contributed by atoms with Crippen molar-refractivity contribution in [3.05, 3.63) is 35.9 Å². The number of hydrogen-bond acceptors (Lipinski definition) is 5. The molecule has 1 heterocycles. The first-order chi connectivity index (χ1) is 11.9. The molecule has 0 radical (unpaired) electrons. The van der Waals surface area contributed by atoms with Crippen molar-refractivity contribution in [2.75, 3.05) is 0 Å². The van der Waals surface area contributed by atoms with Gasteiger partial charge in [0.2, 0.25) is 5.91 Å². The predicted octanol–water partition coefficient (Wildman–Crippen LogP) is 1.92. The molecule has 0 spiro atoms. The minimum absolute atomic E-state index is 0.0234. The largest absolute Gasteiger partial charge is 0.336 e. The van der Waals surface area contributed by atoms with E-state index in [-0.39, 0.29) is 12.3 Å². The molecule has 0 aromatic heterocycles. The minimum Gasteiger partial charge on any atom is -0.336 e. The topological polar surface area (TPSA) is 126 Å². The lowest BCUT2D eigenvalue weighted by molar-refractivity contribution is -0.128. The second-order valence-electron chi connectivity index (χ2n) is 7.00. The summed E-state index contributed by atoms with van der Waals surface area (Å²) in [5.74, 6) is -1.55. The van der Waals surface area contributed by atoms with Gasteiger partial charge in [0.25, 0.3) is 0 Å². The standard InChI is InChI=1S/C19H19N5O/c1-2-6-14-15(13-7-4-3-5-8-13)18(11-21,12-22)17(10-20)9-19(14,23)24-16(17)25/h3-5,7-8,14-15H,2,6,9,23H2,1H3,(H,24,25)/t14-,15-,17+,19+/m0/s1. The number of fused-ring (bicyclic) bond motifs is 2. The third-order valence-corrected chi connectivity index (χ3v) is 5.80. The monoisotopic (exact) mass is 333 g/mol. The molecule has 1 saturated carbocycles. The quantitative estimate of drug-likeness (QED) is 0.873. The molecule has 25 heavy (non-hydrogen) atoms. The number of nitrogens with zero attached hydrogens (tertiary/aromatic N) is 3. The lowest BCUT2D eigenvalue weighted by atomic mass is 9.47. The zero-order valence-electron chi connectivity index (χ0n) is 14.0. The van der Waals surface area contributed by atoms with Crippen molar-refractivity contribution in [1.82, 2.24) is 5.32 Å². The van der Waals surface area contributed by atoms with Crippen LogP contribution in [-0.2, 0) is 4.79 Å². The van der Waals surface area contributed by atoms with Crippen LogP contribution in [0.3, 0.4) is 0 Å². The number of carbonyl (C=O) groups is 1. The van der Waals surface area contributed by atoms with Gasteiger partial charge >= 0.3 is 0 Å². The zero-order chi connectivity index (χ0) is 18.3. The van der Waals surface area contributed by atoms with E-state index in [1.807, 2.05) is 43.3 Å². The van der Waals surface area contributed by atoms with Gasteiger partial charge in [0.1, 0.15) is 0 Å². The molecular weight excluding hydrogens is 314 g/mol. The summed E-state index contributed by atoms with van der Waals surface area (Å²) in [6.45, 7) is 1.99. The highest BCUT2D eigenvalue weighted by molar-refractivity contribution is 5.92. The first-order valence-electron chi connectivity index (χ1n) is 8.35. The molecule has 3 rings (SSSR count). The summed E-state index contributed by atoms with van der Waals surface area (Å²) in [5.41, 5.74) is 2.65. The fourth-order valence-corrected chi connectivity index (χ4v) is 4.70. The first kappa shape index (κ1) is 17.0. The SMILES string of the molecule is CCC[C@H]1[C@H](c2ccccc2)C(C#N)(C#N)[C@@]2(C#N)C[C@@]1(N)NC2=O. The van der Waals surface area contributed by atoms with Crippen LogP contribution in [0, 0.1) is 50.7 Å². The zero-order valence-corrected chi connectivity index (χ0v) is 14.0. The summed E-state index contributed by atoms with van der Waals surface area (Å²) in [6, 6.07) is 15.3. The van der Waals surface area contributed by atoms with Crippen LogP contribution in [0.15, 0.2) is 30.3 Å². The molecule has 1 saturated heterocycles. The Morgan fingerprint density at radius 2 is 1.84 bits per heavy atom. The number of nitrogens with two attached hydrogens (primary N) is 1. The Bertz CT molecular complexity index is 816. The van der Waals surface area contributed by atoms with Crippen LogP contribution in [0.2, 0.25) is 0 Å². The molecule has 126 valence electrons. The number of hydrogen-bond donors (Lipinski definition) is 2. The van der Waals surface area contributed by atoms with E-state index >= 15 is 0 Å². The average molecular weight is 333 g/mol. The molecule has 0 unspecified atom stereocenters. The fourth-order valence-electron chi connectivity index (χ4n) is 4.70. The van der Waals surface area contributed by atoms with E-state index in [4.69, 9.17) is 5.73 Å². The summed E-state index contributed by atoms with van der Waals surface area (Å²) in [5, 5.41) is 32.7. The second-order valence-corrected chi connectivity index (χ2v) is 7.00. The lowest BCUT2D eigenvalue weighted by Gasteiger charge is -2.50. The van der Waals surface area contributed by atoms with Gasteiger partial charge in [0.15, 0.2) is 10.8 Å². The van der Waals surface area contributed by atoms with Crippen molar-refractivity contribution in [1.29, 1.82) is 15.8 Å². The van der Waals surface area contributed by atoms with E-state index in [1.165, 1.54) is 0 Å². The van der Waals surface area contributed by atoms with Crippen LogP contribution in [-0.4, -0.2) is 11.6 Å². The predicted molar refractivity (Wildman–Crippen MR) is 89.0 cm³/mol. The Kier molecular flexibility index (Phi) is 3.79. The number of nitriles is 3. The van der Waals surface area contributed by atoms with Gasteiger partial charge in [-0.2, -0.15) is 15.8 Å². The van der Waals surface area contributed by atoms with Crippen molar-refractivity contribution in [3.8, 4) is 18.2 Å². The van der Waals surface area contributed by atoms with Crippen LogP contribution in [0.25, 0.3) is 0 Å². The van der Waals surface area contributed by atoms with Gasteiger partial charge in [-0.3, -0.25) is 4.79 Å². The van der Waals surface area contributed by atoms with Crippen LogP contribution < -0.4 is 11.1 Å². The Morgan fingerprint density at radius 1 is 1.20 bits per heavy atom. The molecule has 1 aromatic carbocycles. The van der Waals surface area contributed by atoms with E-state index in [1.54, 1.807) is 0 Å². The first-order valence-corrected chi connectivity index (χ1v) is 8.35. The third-order valence-electron chi connectivity index (χ3n) is 5.80. The fraction of sp³-hybridized carbons (Fsp3) is 0.474. The summed E-state index contributed by atoms with van der Waals surface area (Å²) < 4.78 is 0. The number of carbonyl (C=O) groups excluding carboxylic acids is 1. The second kappa shape index (κ2) is 5.59. The van der Waals surface area contributed by atoms with Crippen LogP contribution in [0.5, 0.6) is 0 Å². The van der Waals surface area contributed by atoms with Gasteiger partial charge < -0.3 is 11.1 Å². The number of rotatable bonds is 3. The Morgan fingerprint density at radius 3 is 2.36 bits per heavy atom. The minimum atomic E-state index is -1.79. The third kappa shape index (κ3) is 1.94. The van der Waals surface area contributed by atoms with E-state index in [0.717, 1.165) is 12.0 Å². The number of nitrogens with one attached hydrogen (secondary N) is 1. The van der Waals surface area contributed by atoms with Crippen molar-refractivity contribution >= 4 is 5.91 Å². The summed E-state index contributed by atoms with van der Waals surface area (Å²) >= 11 is 0. The van der Waals surface area contributed by atoms with Gasteiger partial charge in [-0.1, -0.05) is 43.7 Å². The van der Waals surface area contributed by atoms with Crippen molar-refractivity contribution < 1.29 is 4.79 Å². The lowest BCUT2D eigenvalue weighted by Crippen LogP contribution is -2.62. The van der Waals surface area contributed by atoms with Gasteiger partial charge in [-0.15, -0.1) is 0 Å². The van der Waals surface area contributed by atoms with Crippen LogP contribution >= 0.6 is 0 Å². The maximum absolute atomic E-state index is 12.8. The average Bonchev–Trinajstić information content (AvgIpc) is 2.88. The highest BCUT2D eigenvalue weighted by atomic mass is 16.2. The van der Waals surface area contributed by atoms with E-state index in [2.05, 4.69) is 17.5 Å². The Balaban J connectivity index is 2.35. The molecule has 6 heteroatoms. The molecule has 3 N–H and O–H groups in total. The molecule has 2 aliphatic rings. The van der Waals surface area contributed by atoms with Crippen LogP contribution in [0.1, 0.15) is 37.7 Å². The van der Waals surface area contributed by atoms with E-state index < -0.39 is 28.3 Å². The normalized spacial score (nSPS) is 35.1. The molecule has 1 aromatic rings. The molecule has 1 amide bonds. The summed E-state index contributed by atoms with van der Waals surface area (Å²) in [6.07, 6.45) is 1.41. The van der Waals surface area contributed by atoms with Gasteiger partial charge in [-0.25, -0.2) is 0 Å². The number of benzene rings is 1. The molecular formula is C19H19N5O. The molecule has 1 aliphatic carbocycles. The van der Waals surface area contributed by atoms with Gasteiger partial charge in [0, 0.05) is 18.3 Å². The summed E-state index contributed by atoms with van der Waals surface area (Å²) in [4.78, 5) is 12.8. The molecule has 2 bridgehead atoms. The smallest absolute Gasteiger partial charge is 0.244 e. The molecule has 6 nitrogen and oxygen atoms in total. The van der Waals surface area contributed by atoms with Crippen molar-refractivity contribution in [2.45, 2.75) is 37.8 Å². The molecule has 1 aliphatic heterocycles. The molecule has 4 atom stereocenters. The van der Waals surface area contributed by atoms with Crippen molar-refractivity contribution in [3.63, 3.8) is 0 Å². The van der Waals surface area contributed by atoms with E-state index in [9.17, 15) is 20.6 Å². The number of amides is 1. The summed E-state index contributed by atoms with van der Waals surface area (Å²) in [7, 11) is 0. The van der Waals surface area contributed by atoms with Gasteiger partial charge in [-0.05, 0) is 12.0 Å². The highest BCUT2D eigenvalue weighted by Crippen LogP contribution is 2.64. The molecule has 2 fully saturated rings. The maximum atomic E-state index is 12.8. The Labute approximate surface area is 146 Å². The van der Waals surface area contributed by atoms with E-state index in [0.29, 0.717) is 6.42 Å². The van der Waals surface area contributed by atoms with Gasteiger partial charge in [0.05, 0.1) is 23.9 Å². The highest BCUT2D eigenvalue weighted by Gasteiger charge is 2.76. The Hall–Kier alpha value is -2.88. The maximum Gasteiger partial charge on any atom is 0.244 e. The van der Waals surface area contributed by atoms with Crippen molar-refractivity contribution in [2.24, 2.45) is 22.5 Å².